The van der Waals surface area contributed by atoms with Crippen LogP contribution < -0.4 is 5.32 Å². The van der Waals surface area contributed by atoms with Gasteiger partial charge in [-0.05, 0) is 38.3 Å². The first-order valence-corrected chi connectivity index (χ1v) is 9.55. The summed E-state index contributed by atoms with van der Waals surface area (Å²) >= 11 is 0. The van der Waals surface area contributed by atoms with E-state index in [0.717, 1.165) is 63.6 Å². The lowest BCUT2D eigenvalue weighted by molar-refractivity contribution is -0.189. The average molecular weight is 349 g/mol. The van der Waals surface area contributed by atoms with Crippen molar-refractivity contribution in [3.05, 3.63) is 24.2 Å². The van der Waals surface area contributed by atoms with E-state index in [4.69, 9.17) is 18.9 Å². The number of ether oxygens (including phenoxy) is 2. The number of hydrogen-bond acceptors (Lipinski definition) is 4. The number of guanidine groups is 1. The summed E-state index contributed by atoms with van der Waals surface area (Å²) in [6.07, 6.45) is 5.90. The van der Waals surface area contributed by atoms with Gasteiger partial charge in [-0.25, -0.2) is 0 Å². The molecule has 0 saturated carbocycles. The monoisotopic (exact) mass is 349 g/mol. The van der Waals surface area contributed by atoms with Gasteiger partial charge in [-0.15, -0.1) is 0 Å². The summed E-state index contributed by atoms with van der Waals surface area (Å²) in [6.45, 7) is 9.26. The van der Waals surface area contributed by atoms with Crippen LogP contribution in [-0.4, -0.2) is 56.0 Å². The van der Waals surface area contributed by atoms with Gasteiger partial charge < -0.3 is 24.1 Å². The third-order valence-corrected chi connectivity index (χ3v) is 5.04. The van der Waals surface area contributed by atoms with Crippen LogP contribution in [0, 0.1) is 5.92 Å². The molecule has 0 amide bonds. The predicted octanol–water partition coefficient (Wildman–Crippen LogP) is 2.65. The number of nitrogens with zero attached hydrogens (tertiary/aromatic N) is 2. The van der Waals surface area contributed by atoms with Gasteiger partial charge in [-0.2, -0.15) is 0 Å². The highest BCUT2D eigenvalue weighted by atomic mass is 16.7. The Hall–Kier alpha value is -1.53. The van der Waals surface area contributed by atoms with Gasteiger partial charge in [0, 0.05) is 38.5 Å². The molecule has 0 radical (unpaired) electrons. The zero-order chi connectivity index (χ0) is 17.5. The molecule has 0 aliphatic carbocycles. The summed E-state index contributed by atoms with van der Waals surface area (Å²) in [4.78, 5) is 7.15. The van der Waals surface area contributed by atoms with Crippen LogP contribution in [-0.2, 0) is 15.9 Å². The maximum atomic E-state index is 5.90. The van der Waals surface area contributed by atoms with Gasteiger partial charge in [0.15, 0.2) is 11.7 Å². The molecular weight excluding hydrogens is 318 g/mol. The topological polar surface area (TPSA) is 59.2 Å². The van der Waals surface area contributed by atoms with E-state index in [0.29, 0.717) is 19.1 Å². The molecule has 2 aliphatic heterocycles. The van der Waals surface area contributed by atoms with Crippen molar-refractivity contribution in [2.75, 3.05) is 39.4 Å². The number of hydrogen-bond donors (Lipinski definition) is 1. The van der Waals surface area contributed by atoms with Crippen LogP contribution in [0.2, 0.25) is 0 Å². The normalized spacial score (nSPS) is 23.8. The molecule has 1 aromatic rings. The molecule has 6 heteroatoms. The molecule has 140 valence electrons. The van der Waals surface area contributed by atoms with Crippen LogP contribution >= 0.6 is 0 Å². The Bertz CT molecular complexity index is 538. The van der Waals surface area contributed by atoms with Gasteiger partial charge >= 0.3 is 0 Å². The second kappa shape index (κ2) is 8.72. The van der Waals surface area contributed by atoms with Crippen LogP contribution in [0.4, 0.5) is 0 Å². The molecule has 0 aromatic carbocycles. The van der Waals surface area contributed by atoms with E-state index in [9.17, 15) is 0 Å². The Kier molecular flexibility index (Phi) is 6.37. The molecule has 25 heavy (non-hydrogen) atoms. The number of aliphatic imine (C=N–C) groups is 1. The Labute approximate surface area is 150 Å². The van der Waals surface area contributed by atoms with Gasteiger partial charge in [-0.1, -0.05) is 6.92 Å². The standard InChI is InChI=1S/C19H31N3O3/c1-3-9-20-18(21-10-8-17-7-5-12-23-17)22-11-4-6-16(15-22)19(2)24-13-14-25-19/h5,7,12,16H,3-4,6,8-11,13-15H2,1-2H3,(H,20,21). The molecule has 1 aromatic heterocycles. The van der Waals surface area contributed by atoms with Crippen LogP contribution in [0.1, 0.15) is 38.9 Å². The van der Waals surface area contributed by atoms with Gasteiger partial charge in [-0.3, -0.25) is 4.99 Å². The Balaban J connectivity index is 1.59. The van der Waals surface area contributed by atoms with Crippen molar-refractivity contribution >= 4 is 5.96 Å². The average Bonchev–Trinajstić information content (AvgIpc) is 3.30. The van der Waals surface area contributed by atoms with Gasteiger partial charge in [0.05, 0.1) is 19.5 Å². The Morgan fingerprint density at radius 3 is 2.96 bits per heavy atom. The highest BCUT2D eigenvalue weighted by molar-refractivity contribution is 5.80. The van der Waals surface area contributed by atoms with Crippen molar-refractivity contribution in [3.8, 4) is 0 Å². The van der Waals surface area contributed by atoms with Crippen LogP contribution in [0.3, 0.4) is 0 Å². The van der Waals surface area contributed by atoms with Crippen molar-refractivity contribution in [1.29, 1.82) is 0 Å². The van der Waals surface area contributed by atoms with Crippen molar-refractivity contribution < 1.29 is 13.9 Å². The number of nitrogens with one attached hydrogen (secondary N) is 1. The maximum Gasteiger partial charge on any atom is 0.193 e. The Morgan fingerprint density at radius 2 is 2.24 bits per heavy atom. The smallest absolute Gasteiger partial charge is 0.193 e. The summed E-state index contributed by atoms with van der Waals surface area (Å²) in [6, 6.07) is 3.94. The minimum absolute atomic E-state index is 0.377. The van der Waals surface area contributed by atoms with E-state index in [1.807, 2.05) is 12.1 Å². The van der Waals surface area contributed by atoms with Crippen molar-refractivity contribution in [3.63, 3.8) is 0 Å². The zero-order valence-corrected chi connectivity index (χ0v) is 15.5. The molecule has 0 spiro atoms. The summed E-state index contributed by atoms with van der Waals surface area (Å²) < 4.78 is 17.2. The fraction of sp³-hybridized carbons (Fsp3) is 0.737. The molecule has 3 rings (SSSR count). The number of rotatable bonds is 6. The molecule has 2 aliphatic rings. The van der Waals surface area contributed by atoms with Crippen molar-refractivity contribution in [1.82, 2.24) is 10.2 Å². The van der Waals surface area contributed by atoms with E-state index in [2.05, 4.69) is 24.1 Å². The molecule has 1 unspecified atom stereocenters. The quantitative estimate of drug-likeness (QED) is 0.632. The molecule has 2 fully saturated rings. The zero-order valence-electron chi connectivity index (χ0n) is 15.5. The van der Waals surface area contributed by atoms with Gasteiger partial charge in [0.25, 0.3) is 0 Å². The number of likely N-dealkylation sites (tertiary alicyclic amines) is 1. The SMILES string of the molecule is CCCN=C(NCCc1ccco1)N1CCCC(C2(C)OCCO2)C1. The lowest BCUT2D eigenvalue weighted by atomic mass is 9.90. The fourth-order valence-corrected chi connectivity index (χ4v) is 3.60. The minimum atomic E-state index is -0.442. The van der Waals surface area contributed by atoms with Crippen LogP contribution in [0.25, 0.3) is 0 Å². The minimum Gasteiger partial charge on any atom is -0.469 e. The third kappa shape index (κ3) is 4.76. The highest BCUT2D eigenvalue weighted by Crippen LogP contribution is 2.34. The van der Waals surface area contributed by atoms with Gasteiger partial charge in [0.2, 0.25) is 0 Å². The summed E-state index contributed by atoms with van der Waals surface area (Å²) in [5.41, 5.74) is 0. The third-order valence-electron chi connectivity index (χ3n) is 5.04. The second-order valence-electron chi connectivity index (χ2n) is 6.96. The van der Waals surface area contributed by atoms with Crippen molar-refractivity contribution in [2.24, 2.45) is 10.9 Å². The second-order valence-corrected chi connectivity index (χ2v) is 6.96. The molecule has 2 saturated heterocycles. The van der Waals surface area contributed by atoms with E-state index in [-0.39, 0.29) is 0 Å². The Morgan fingerprint density at radius 1 is 1.40 bits per heavy atom. The van der Waals surface area contributed by atoms with Crippen LogP contribution in [0.15, 0.2) is 27.8 Å². The first-order chi connectivity index (χ1) is 12.2. The van der Waals surface area contributed by atoms with E-state index in [1.165, 1.54) is 0 Å². The molecular formula is C19H31N3O3. The molecule has 3 heterocycles. The summed E-state index contributed by atoms with van der Waals surface area (Å²) in [7, 11) is 0. The van der Waals surface area contributed by atoms with Crippen molar-refractivity contribution in [2.45, 2.75) is 45.3 Å². The summed E-state index contributed by atoms with van der Waals surface area (Å²) in [5, 5.41) is 3.52. The maximum absolute atomic E-state index is 5.90. The molecule has 1 N–H and O–H groups in total. The van der Waals surface area contributed by atoms with E-state index >= 15 is 0 Å². The fourth-order valence-electron chi connectivity index (χ4n) is 3.60. The van der Waals surface area contributed by atoms with Gasteiger partial charge in [0.1, 0.15) is 5.76 Å². The lowest BCUT2D eigenvalue weighted by Gasteiger charge is -2.41. The lowest BCUT2D eigenvalue weighted by Crippen LogP contribution is -2.52. The molecule has 1 atom stereocenters. The highest BCUT2D eigenvalue weighted by Gasteiger charge is 2.42. The summed E-state index contributed by atoms with van der Waals surface area (Å²) in [5.74, 6) is 1.93. The first-order valence-electron chi connectivity index (χ1n) is 9.55. The van der Waals surface area contributed by atoms with E-state index < -0.39 is 5.79 Å². The van der Waals surface area contributed by atoms with Crippen LogP contribution in [0.5, 0.6) is 0 Å². The number of furan rings is 1. The molecule has 6 nitrogen and oxygen atoms in total. The first kappa shape index (κ1) is 18.3. The van der Waals surface area contributed by atoms with E-state index in [1.54, 1.807) is 6.26 Å². The predicted molar refractivity (Wildman–Crippen MR) is 97.6 cm³/mol. The molecule has 0 bridgehead atoms. The number of piperidine rings is 1. The largest absolute Gasteiger partial charge is 0.469 e.